The lowest BCUT2D eigenvalue weighted by Crippen LogP contribution is -2.41. The monoisotopic (exact) mass is 345 g/mol. The number of nitrogens with two attached hydrogens (primary N) is 1. The van der Waals surface area contributed by atoms with Crippen LogP contribution in [0.15, 0.2) is 23.7 Å². The maximum atomic E-state index is 13.5. The molecule has 2 N–H and O–H groups in total. The van der Waals surface area contributed by atoms with Crippen molar-refractivity contribution in [2.24, 2.45) is 5.73 Å². The fraction of sp³-hybridized carbons (Fsp3) is 0.500. The third-order valence-corrected chi connectivity index (χ3v) is 4.39. The molecule has 0 unspecified atom stereocenters. The second-order valence-electron chi connectivity index (χ2n) is 6.78. The highest BCUT2D eigenvalue weighted by Crippen LogP contribution is 2.39. The molecule has 1 fully saturated rings. The van der Waals surface area contributed by atoms with E-state index in [1.165, 1.54) is 6.08 Å². The molecule has 1 aromatic rings. The van der Waals surface area contributed by atoms with Gasteiger partial charge in [-0.1, -0.05) is 6.08 Å². The van der Waals surface area contributed by atoms with Crippen LogP contribution in [-0.4, -0.2) is 24.9 Å². The summed E-state index contributed by atoms with van der Waals surface area (Å²) in [4.78, 5) is 0. The number of rotatable bonds is 3. The first-order valence-electron chi connectivity index (χ1n) is 7.50. The minimum atomic E-state index is -4.63. The third kappa shape index (κ3) is 3.82. The first kappa shape index (κ1) is 19.0. The summed E-state index contributed by atoms with van der Waals surface area (Å²) in [6.07, 6.45) is -3.25. The Hall–Kier alpha value is -1.38. The van der Waals surface area contributed by atoms with Crippen LogP contribution in [0.5, 0.6) is 0 Å². The number of hydrogen-bond acceptors (Lipinski definition) is 3. The van der Waals surface area contributed by atoms with Crippen LogP contribution < -0.4 is 5.73 Å². The van der Waals surface area contributed by atoms with Gasteiger partial charge in [-0.3, -0.25) is 0 Å². The predicted molar refractivity (Wildman–Crippen MR) is 84.5 cm³/mol. The van der Waals surface area contributed by atoms with E-state index < -0.39 is 35.9 Å². The smallest absolute Gasteiger partial charge is 0.400 e. The Bertz CT molecular complexity index is 640. The van der Waals surface area contributed by atoms with Crippen molar-refractivity contribution in [3.05, 3.63) is 40.6 Å². The molecule has 0 aliphatic carbocycles. The highest BCUT2D eigenvalue weighted by Gasteiger charge is 2.52. The molecule has 0 radical (unpaired) electrons. The van der Waals surface area contributed by atoms with Crippen LogP contribution >= 0.6 is 0 Å². The van der Waals surface area contributed by atoms with E-state index >= 15 is 0 Å². The van der Waals surface area contributed by atoms with Crippen LogP contribution in [0.1, 0.15) is 38.8 Å². The lowest BCUT2D eigenvalue weighted by molar-refractivity contribution is -0.137. The summed E-state index contributed by atoms with van der Waals surface area (Å²) in [5.41, 5.74) is 3.92. The molecule has 0 saturated carbocycles. The third-order valence-electron chi connectivity index (χ3n) is 4.39. The first-order chi connectivity index (χ1) is 10.9. The van der Waals surface area contributed by atoms with E-state index in [-0.39, 0.29) is 12.1 Å². The van der Waals surface area contributed by atoms with Gasteiger partial charge in [0.2, 0.25) is 0 Å². The number of hydrogen-bond donors (Lipinski definition) is 1. The molecule has 1 saturated heterocycles. The molecule has 0 amide bonds. The average Bonchev–Trinajstić information content (AvgIpc) is 2.63. The fourth-order valence-electron chi connectivity index (χ4n) is 2.29. The summed E-state index contributed by atoms with van der Waals surface area (Å²) >= 11 is 0. The molecule has 2 rings (SSSR count). The minimum absolute atomic E-state index is 0.00862. The van der Waals surface area contributed by atoms with Gasteiger partial charge in [0.25, 0.3) is 0 Å². The SMILES string of the molecule is CC1(C)OB(C(=Cc2cc(F)cc(C(F)(F)F)c2)CN)OC1(C)C. The summed E-state index contributed by atoms with van der Waals surface area (Å²) in [6.45, 7) is 7.42. The maximum Gasteiger partial charge on any atom is 0.491 e. The Labute approximate surface area is 139 Å². The highest BCUT2D eigenvalue weighted by atomic mass is 19.4. The van der Waals surface area contributed by atoms with Crippen LogP contribution in [0.25, 0.3) is 6.08 Å². The van der Waals surface area contributed by atoms with Gasteiger partial charge in [0, 0.05) is 6.54 Å². The Kier molecular flexibility index (Phi) is 4.87. The van der Waals surface area contributed by atoms with Crippen molar-refractivity contribution in [1.29, 1.82) is 0 Å². The van der Waals surface area contributed by atoms with E-state index in [1.54, 1.807) is 0 Å². The Morgan fingerprint density at radius 1 is 1.12 bits per heavy atom. The van der Waals surface area contributed by atoms with Gasteiger partial charge in [-0.15, -0.1) is 0 Å². The quantitative estimate of drug-likeness (QED) is 0.669. The van der Waals surface area contributed by atoms with Gasteiger partial charge in [-0.05, 0) is 56.9 Å². The largest absolute Gasteiger partial charge is 0.491 e. The predicted octanol–water partition coefficient (Wildman–Crippen LogP) is 3.82. The lowest BCUT2D eigenvalue weighted by Gasteiger charge is -2.32. The Morgan fingerprint density at radius 2 is 1.67 bits per heavy atom. The van der Waals surface area contributed by atoms with E-state index in [2.05, 4.69) is 0 Å². The van der Waals surface area contributed by atoms with Crippen molar-refractivity contribution >= 4 is 13.2 Å². The van der Waals surface area contributed by atoms with E-state index in [0.717, 1.165) is 12.1 Å². The molecule has 24 heavy (non-hydrogen) atoms. The lowest BCUT2D eigenvalue weighted by atomic mass is 9.77. The standard InChI is InChI=1S/C16H20BF4NO2/c1-14(2)15(3,4)24-17(23-14)12(9-22)6-10-5-11(16(19,20)21)8-13(18)7-10/h5-8H,9,22H2,1-4H3. The van der Waals surface area contributed by atoms with Crippen molar-refractivity contribution in [1.82, 2.24) is 0 Å². The number of benzene rings is 1. The molecule has 0 atom stereocenters. The molecule has 3 nitrogen and oxygen atoms in total. The van der Waals surface area contributed by atoms with Crippen LogP contribution in [0.2, 0.25) is 0 Å². The fourth-order valence-corrected chi connectivity index (χ4v) is 2.29. The molecule has 8 heteroatoms. The maximum absolute atomic E-state index is 13.5. The van der Waals surface area contributed by atoms with Crippen molar-refractivity contribution in [2.75, 3.05) is 6.54 Å². The second kappa shape index (κ2) is 6.17. The summed E-state index contributed by atoms with van der Waals surface area (Å²) in [5, 5.41) is 0. The zero-order valence-electron chi connectivity index (χ0n) is 14.0. The summed E-state index contributed by atoms with van der Waals surface area (Å²) < 4.78 is 63.6. The highest BCUT2D eigenvalue weighted by molar-refractivity contribution is 6.55. The van der Waals surface area contributed by atoms with Gasteiger partial charge < -0.3 is 15.0 Å². The van der Waals surface area contributed by atoms with Crippen LogP contribution in [0.4, 0.5) is 17.6 Å². The van der Waals surface area contributed by atoms with E-state index in [0.29, 0.717) is 11.5 Å². The van der Waals surface area contributed by atoms with Gasteiger partial charge in [-0.25, -0.2) is 4.39 Å². The molecule has 0 spiro atoms. The van der Waals surface area contributed by atoms with Gasteiger partial charge in [0.05, 0.1) is 16.8 Å². The molecular weight excluding hydrogens is 325 g/mol. The van der Waals surface area contributed by atoms with E-state index in [9.17, 15) is 17.6 Å². The summed E-state index contributed by atoms with van der Waals surface area (Å²) in [5.74, 6) is -0.971. The van der Waals surface area contributed by atoms with Crippen LogP contribution in [0.3, 0.4) is 0 Å². The topological polar surface area (TPSA) is 44.5 Å². The average molecular weight is 345 g/mol. The zero-order valence-corrected chi connectivity index (χ0v) is 14.0. The van der Waals surface area contributed by atoms with Crippen molar-refractivity contribution in [3.8, 4) is 0 Å². The van der Waals surface area contributed by atoms with Crippen molar-refractivity contribution < 1.29 is 26.9 Å². The molecule has 1 aliphatic heterocycles. The Balaban J connectivity index is 2.37. The van der Waals surface area contributed by atoms with E-state index in [1.807, 2.05) is 27.7 Å². The zero-order chi connectivity index (χ0) is 18.3. The number of alkyl halides is 3. The molecule has 132 valence electrons. The molecule has 1 aliphatic rings. The first-order valence-corrected chi connectivity index (χ1v) is 7.50. The minimum Gasteiger partial charge on any atom is -0.400 e. The molecular formula is C16H20BF4NO2. The molecule has 0 aromatic heterocycles. The van der Waals surface area contributed by atoms with Gasteiger partial charge >= 0.3 is 13.3 Å². The molecule has 0 bridgehead atoms. The van der Waals surface area contributed by atoms with Gasteiger partial charge in [0.15, 0.2) is 0 Å². The van der Waals surface area contributed by atoms with Gasteiger partial charge in [0.1, 0.15) is 5.82 Å². The Morgan fingerprint density at radius 3 is 2.12 bits per heavy atom. The van der Waals surface area contributed by atoms with E-state index in [4.69, 9.17) is 15.0 Å². The van der Waals surface area contributed by atoms with Crippen molar-refractivity contribution in [2.45, 2.75) is 45.1 Å². The second-order valence-corrected chi connectivity index (χ2v) is 6.78. The van der Waals surface area contributed by atoms with Crippen LogP contribution in [0, 0.1) is 5.82 Å². The number of halogens is 4. The molecule has 1 aromatic carbocycles. The molecule has 1 heterocycles. The summed E-state index contributed by atoms with van der Waals surface area (Å²) in [6, 6.07) is 2.33. The van der Waals surface area contributed by atoms with Crippen LogP contribution in [-0.2, 0) is 15.5 Å². The van der Waals surface area contributed by atoms with Gasteiger partial charge in [-0.2, -0.15) is 13.2 Å². The van der Waals surface area contributed by atoms with Crippen molar-refractivity contribution in [3.63, 3.8) is 0 Å². The summed E-state index contributed by atoms with van der Waals surface area (Å²) in [7, 11) is -0.794. The normalized spacial score (nSPS) is 20.5.